The summed E-state index contributed by atoms with van der Waals surface area (Å²) in [7, 11) is 1.45. The number of aromatic nitrogens is 2. The first-order valence-corrected chi connectivity index (χ1v) is 7.93. The third kappa shape index (κ3) is 3.84. The van der Waals surface area contributed by atoms with Gasteiger partial charge in [0.05, 0.1) is 13.3 Å². The fourth-order valence-electron chi connectivity index (χ4n) is 3.00. The zero-order valence-corrected chi connectivity index (χ0v) is 13.7. The largest absolute Gasteiger partial charge is 0.479 e. The fraction of sp³-hybridized carbons (Fsp3) is 0.353. The number of methoxy groups -OCH3 is 1. The summed E-state index contributed by atoms with van der Waals surface area (Å²) >= 11 is 0. The monoisotopic (exact) mass is 348 g/mol. The average Bonchev–Trinajstić information content (AvgIpc) is 2.64. The molecule has 0 spiro atoms. The van der Waals surface area contributed by atoms with E-state index in [1.54, 1.807) is 4.90 Å². The number of anilines is 1. The van der Waals surface area contributed by atoms with Crippen molar-refractivity contribution in [3.8, 4) is 5.88 Å². The van der Waals surface area contributed by atoms with Crippen molar-refractivity contribution in [3.63, 3.8) is 0 Å². The van der Waals surface area contributed by atoms with E-state index < -0.39 is 11.6 Å². The van der Waals surface area contributed by atoms with Gasteiger partial charge < -0.3 is 15.0 Å². The van der Waals surface area contributed by atoms with Crippen molar-refractivity contribution < 1.29 is 18.3 Å². The quantitative estimate of drug-likeness (QED) is 0.925. The molecule has 2 amide bonds. The first kappa shape index (κ1) is 17.1. The lowest BCUT2D eigenvalue weighted by Gasteiger charge is -2.33. The predicted molar refractivity (Wildman–Crippen MR) is 87.5 cm³/mol. The predicted octanol–water partition coefficient (Wildman–Crippen LogP) is 3.17. The molecule has 1 aromatic heterocycles. The zero-order valence-electron chi connectivity index (χ0n) is 13.7. The summed E-state index contributed by atoms with van der Waals surface area (Å²) in [5.41, 5.74) is 0.659. The molecule has 1 unspecified atom stereocenters. The maximum absolute atomic E-state index is 14.0. The van der Waals surface area contributed by atoms with E-state index in [0.717, 1.165) is 12.1 Å². The third-order valence-corrected chi connectivity index (χ3v) is 4.22. The molecular formula is C17H18F2N4O2. The Hall–Kier alpha value is -2.77. The van der Waals surface area contributed by atoms with Crippen molar-refractivity contribution in [1.82, 2.24) is 14.9 Å². The Labute approximate surface area is 143 Å². The van der Waals surface area contributed by atoms with E-state index in [9.17, 15) is 13.6 Å². The van der Waals surface area contributed by atoms with Gasteiger partial charge in [0.25, 0.3) is 0 Å². The zero-order chi connectivity index (χ0) is 17.8. The number of carbonyl (C=O) groups is 1. The molecule has 132 valence electrons. The minimum atomic E-state index is -0.482. The molecule has 25 heavy (non-hydrogen) atoms. The van der Waals surface area contributed by atoms with E-state index >= 15 is 0 Å². The molecule has 1 aromatic carbocycles. The number of urea groups is 1. The van der Waals surface area contributed by atoms with Gasteiger partial charge in [-0.2, -0.15) is 4.98 Å². The molecule has 2 heterocycles. The molecule has 1 saturated heterocycles. The highest BCUT2D eigenvalue weighted by Gasteiger charge is 2.27. The number of benzene rings is 1. The Morgan fingerprint density at radius 1 is 1.40 bits per heavy atom. The number of hydrogen-bond donors (Lipinski definition) is 1. The van der Waals surface area contributed by atoms with Gasteiger partial charge >= 0.3 is 6.03 Å². The Bertz CT molecular complexity index is 772. The summed E-state index contributed by atoms with van der Waals surface area (Å²) in [4.78, 5) is 21.9. The van der Waals surface area contributed by atoms with Gasteiger partial charge in [0.2, 0.25) is 5.88 Å². The summed E-state index contributed by atoms with van der Waals surface area (Å²) < 4.78 is 32.5. The van der Waals surface area contributed by atoms with Crippen LogP contribution in [-0.4, -0.2) is 41.1 Å². The number of piperidine rings is 1. The summed E-state index contributed by atoms with van der Waals surface area (Å²) in [6.45, 7) is 0.845. The van der Waals surface area contributed by atoms with Gasteiger partial charge in [0.15, 0.2) is 0 Å². The highest BCUT2D eigenvalue weighted by Crippen LogP contribution is 2.30. The molecule has 8 heteroatoms. The molecule has 1 N–H and O–H groups in total. The summed E-state index contributed by atoms with van der Waals surface area (Å²) in [5.74, 6) is -0.923. The van der Waals surface area contributed by atoms with E-state index in [1.165, 1.54) is 25.7 Å². The molecule has 1 fully saturated rings. The van der Waals surface area contributed by atoms with E-state index in [-0.39, 0.29) is 17.8 Å². The van der Waals surface area contributed by atoms with Crippen LogP contribution < -0.4 is 10.1 Å². The van der Waals surface area contributed by atoms with Gasteiger partial charge in [0, 0.05) is 19.0 Å². The molecule has 0 aliphatic carbocycles. The normalized spacial score (nSPS) is 17.2. The van der Waals surface area contributed by atoms with Crippen LogP contribution in [0.3, 0.4) is 0 Å². The highest BCUT2D eigenvalue weighted by atomic mass is 19.1. The summed E-state index contributed by atoms with van der Waals surface area (Å²) in [6.07, 6.45) is 4.16. The number of rotatable bonds is 3. The average molecular weight is 348 g/mol. The number of nitrogens with zero attached hydrogens (tertiary/aromatic N) is 3. The van der Waals surface area contributed by atoms with Crippen LogP contribution in [0.25, 0.3) is 0 Å². The van der Waals surface area contributed by atoms with Gasteiger partial charge in [-0.05, 0) is 36.6 Å². The standard InChI is InChI=1S/C17H18F2N4O2/c1-25-16-15(8-20-10-21-16)22-17(24)23-6-2-3-11(9-23)13-7-12(18)4-5-14(13)19/h4-5,7-8,10-11H,2-3,6,9H2,1H3,(H,22,24). The number of nitrogens with one attached hydrogen (secondary N) is 1. The molecule has 0 bridgehead atoms. The smallest absolute Gasteiger partial charge is 0.322 e. The highest BCUT2D eigenvalue weighted by molar-refractivity contribution is 5.90. The molecule has 0 radical (unpaired) electrons. The number of amides is 2. The lowest BCUT2D eigenvalue weighted by atomic mass is 9.90. The molecule has 6 nitrogen and oxygen atoms in total. The maximum atomic E-state index is 14.0. The molecular weight excluding hydrogens is 330 g/mol. The number of halogens is 2. The van der Waals surface area contributed by atoms with Crippen molar-refractivity contribution in [1.29, 1.82) is 0 Å². The molecule has 1 atom stereocenters. The van der Waals surface area contributed by atoms with Crippen molar-refractivity contribution >= 4 is 11.7 Å². The maximum Gasteiger partial charge on any atom is 0.322 e. The van der Waals surface area contributed by atoms with Gasteiger partial charge in [-0.1, -0.05) is 0 Å². The minimum absolute atomic E-state index is 0.246. The van der Waals surface area contributed by atoms with Crippen LogP contribution >= 0.6 is 0 Å². The molecule has 1 aliphatic heterocycles. The first-order valence-electron chi connectivity index (χ1n) is 7.93. The topological polar surface area (TPSA) is 67.4 Å². The van der Waals surface area contributed by atoms with Crippen LogP contribution in [0.4, 0.5) is 19.3 Å². The number of hydrogen-bond acceptors (Lipinski definition) is 4. The molecule has 1 aliphatic rings. The van der Waals surface area contributed by atoms with Crippen molar-refractivity contribution in [2.75, 3.05) is 25.5 Å². The first-order chi connectivity index (χ1) is 12.1. The fourth-order valence-corrected chi connectivity index (χ4v) is 3.00. The van der Waals surface area contributed by atoms with Crippen LogP contribution in [-0.2, 0) is 0 Å². The number of likely N-dealkylation sites (tertiary alicyclic amines) is 1. The Balaban J connectivity index is 1.72. The summed E-state index contributed by atoms with van der Waals surface area (Å²) in [6, 6.07) is 3.06. The molecule has 3 rings (SSSR count). The van der Waals surface area contributed by atoms with Crippen molar-refractivity contribution in [2.45, 2.75) is 18.8 Å². The second-order valence-corrected chi connectivity index (χ2v) is 5.83. The van der Waals surface area contributed by atoms with Crippen molar-refractivity contribution in [2.24, 2.45) is 0 Å². The van der Waals surface area contributed by atoms with Gasteiger partial charge in [-0.25, -0.2) is 18.6 Å². The molecule has 2 aromatic rings. The van der Waals surface area contributed by atoms with Crippen LogP contribution in [0, 0.1) is 11.6 Å². The molecule has 0 saturated carbocycles. The Kier molecular flexibility index (Phi) is 5.06. The number of carbonyl (C=O) groups excluding carboxylic acids is 1. The van der Waals surface area contributed by atoms with Gasteiger partial charge in [-0.3, -0.25) is 0 Å². The third-order valence-electron chi connectivity index (χ3n) is 4.22. The van der Waals surface area contributed by atoms with E-state index in [4.69, 9.17) is 4.74 Å². The van der Waals surface area contributed by atoms with E-state index in [1.807, 2.05) is 0 Å². The van der Waals surface area contributed by atoms with Crippen LogP contribution in [0.5, 0.6) is 5.88 Å². The van der Waals surface area contributed by atoms with E-state index in [0.29, 0.717) is 37.2 Å². The summed E-state index contributed by atoms with van der Waals surface area (Å²) in [5, 5.41) is 2.70. The second kappa shape index (κ2) is 7.42. The Morgan fingerprint density at radius 3 is 3.04 bits per heavy atom. The lowest BCUT2D eigenvalue weighted by molar-refractivity contribution is 0.192. The lowest BCUT2D eigenvalue weighted by Crippen LogP contribution is -2.41. The van der Waals surface area contributed by atoms with Crippen LogP contribution in [0.1, 0.15) is 24.3 Å². The van der Waals surface area contributed by atoms with Crippen molar-refractivity contribution in [3.05, 3.63) is 47.9 Å². The Morgan fingerprint density at radius 2 is 2.24 bits per heavy atom. The van der Waals surface area contributed by atoms with E-state index in [2.05, 4.69) is 15.3 Å². The van der Waals surface area contributed by atoms with Gasteiger partial charge in [0.1, 0.15) is 23.6 Å². The minimum Gasteiger partial charge on any atom is -0.479 e. The van der Waals surface area contributed by atoms with Gasteiger partial charge in [-0.15, -0.1) is 0 Å². The number of ether oxygens (including phenoxy) is 1. The van der Waals surface area contributed by atoms with Crippen LogP contribution in [0.2, 0.25) is 0 Å². The SMILES string of the molecule is COc1ncncc1NC(=O)N1CCCC(c2cc(F)ccc2F)C1. The second-order valence-electron chi connectivity index (χ2n) is 5.83. The van der Waals surface area contributed by atoms with Crippen LogP contribution in [0.15, 0.2) is 30.7 Å².